The predicted octanol–water partition coefficient (Wildman–Crippen LogP) is 5.02. The molecule has 0 aliphatic rings. The summed E-state index contributed by atoms with van der Waals surface area (Å²) in [6.45, 7) is 0. The first-order valence-electron chi connectivity index (χ1n) is 12.4. The maximum Gasteiger partial charge on any atom is 0.328 e. The zero-order valence-electron chi connectivity index (χ0n) is 20.7. The van der Waals surface area contributed by atoms with E-state index >= 15 is 0 Å². The molecule has 0 radical (unpaired) electrons. The van der Waals surface area contributed by atoms with Crippen molar-refractivity contribution in [3.8, 4) is 0 Å². The highest BCUT2D eigenvalue weighted by atomic mass is 16.5. The van der Waals surface area contributed by atoms with Crippen molar-refractivity contribution in [2.75, 3.05) is 7.11 Å². The Balaban J connectivity index is 1.48. The summed E-state index contributed by atoms with van der Waals surface area (Å²) < 4.78 is 5.01. The molecular formula is C31H29N3O3. The standard InChI is InChI=1S/C31H29N3O3/c1-37-31(36)29(18-26-19-32-20-33-26)34-30(35)25(16-23-12-6-10-21-8-2-4-14-27(21)23)17-24-13-7-11-22-9-3-5-15-28(22)24/h2-15,19-20,25,29H,16-18H2,1H3,(H,32,33)(H,34,35). The molecule has 5 aromatic rings. The second-order valence-electron chi connectivity index (χ2n) is 9.25. The Morgan fingerprint density at radius 2 is 1.38 bits per heavy atom. The number of benzene rings is 4. The summed E-state index contributed by atoms with van der Waals surface area (Å²) in [6.07, 6.45) is 4.54. The van der Waals surface area contributed by atoms with Gasteiger partial charge in [-0.3, -0.25) is 4.79 Å². The van der Waals surface area contributed by atoms with Crippen LogP contribution in [0.2, 0.25) is 0 Å². The number of aromatic nitrogens is 2. The van der Waals surface area contributed by atoms with E-state index in [1.165, 1.54) is 7.11 Å². The van der Waals surface area contributed by atoms with Gasteiger partial charge in [0, 0.05) is 24.2 Å². The molecule has 0 saturated carbocycles. The quantitative estimate of drug-likeness (QED) is 0.284. The molecule has 5 rings (SSSR count). The maximum absolute atomic E-state index is 13.8. The number of esters is 1. The number of aromatic amines is 1. The van der Waals surface area contributed by atoms with E-state index < -0.39 is 17.9 Å². The molecule has 0 saturated heterocycles. The second-order valence-corrected chi connectivity index (χ2v) is 9.25. The first kappa shape index (κ1) is 24.3. The zero-order valence-corrected chi connectivity index (χ0v) is 20.7. The lowest BCUT2D eigenvalue weighted by atomic mass is 9.87. The normalized spacial score (nSPS) is 12.1. The summed E-state index contributed by atoms with van der Waals surface area (Å²) in [6, 6.07) is 28.0. The maximum atomic E-state index is 13.8. The van der Waals surface area contributed by atoms with E-state index in [1.54, 1.807) is 12.5 Å². The molecule has 1 atom stereocenters. The molecule has 1 amide bonds. The summed E-state index contributed by atoms with van der Waals surface area (Å²) >= 11 is 0. The van der Waals surface area contributed by atoms with Gasteiger partial charge < -0.3 is 15.0 Å². The number of amides is 1. The van der Waals surface area contributed by atoms with Gasteiger partial charge in [-0.05, 0) is 45.5 Å². The van der Waals surface area contributed by atoms with Crippen molar-refractivity contribution in [2.24, 2.45) is 5.92 Å². The number of carbonyl (C=O) groups excluding carboxylic acids is 2. The minimum atomic E-state index is -0.819. The van der Waals surface area contributed by atoms with E-state index in [0.717, 1.165) is 38.4 Å². The van der Waals surface area contributed by atoms with Crippen LogP contribution in [0.1, 0.15) is 16.8 Å². The molecule has 2 N–H and O–H groups in total. The monoisotopic (exact) mass is 491 g/mol. The fourth-order valence-electron chi connectivity index (χ4n) is 4.97. The smallest absolute Gasteiger partial charge is 0.328 e. The Labute approximate surface area is 215 Å². The Morgan fingerprint density at radius 3 is 1.92 bits per heavy atom. The number of carbonyl (C=O) groups is 2. The number of nitrogens with one attached hydrogen (secondary N) is 2. The van der Waals surface area contributed by atoms with Crippen LogP contribution < -0.4 is 5.32 Å². The van der Waals surface area contributed by atoms with E-state index in [9.17, 15) is 9.59 Å². The number of imidazole rings is 1. The van der Waals surface area contributed by atoms with Crippen molar-refractivity contribution < 1.29 is 14.3 Å². The SMILES string of the molecule is COC(=O)C(Cc1cnc[nH]1)NC(=O)C(Cc1cccc2ccccc12)Cc1cccc2ccccc12. The third-order valence-electron chi connectivity index (χ3n) is 6.84. The Bertz CT molecular complexity index is 1440. The number of ether oxygens (including phenoxy) is 1. The molecule has 0 bridgehead atoms. The lowest BCUT2D eigenvalue weighted by molar-refractivity contribution is -0.145. The third kappa shape index (κ3) is 5.54. The van der Waals surface area contributed by atoms with Gasteiger partial charge in [-0.1, -0.05) is 84.9 Å². The van der Waals surface area contributed by atoms with Crippen LogP contribution >= 0.6 is 0 Å². The van der Waals surface area contributed by atoms with Crippen LogP contribution in [0.15, 0.2) is 97.5 Å². The lowest BCUT2D eigenvalue weighted by Crippen LogP contribution is -2.46. The number of hydrogen-bond acceptors (Lipinski definition) is 4. The topological polar surface area (TPSA) is 84.1 Å². The van der Waals surface area contributed by atoms with E-state index in [4.69, 9.17) is 4.74 Å². The molecule has 0 aliphatic heterocycles. The predicted molar refractivity (Wildman–Crippen MR) is 145 cm³/mol. The van der Waals surface area contributed by atoms with Gasteiger partial charge in [0.2, 0.25) is 5.91 Å². The second kappa shape index (κ2) is 11.1. The molecule has 0 spiro atoms. The highest BCUT2D eigenvalue weighted by molar-refractivity contribution is 5.90. The Hall–Kier alpha value is -4.45. The highest BCUT2D eigenvalue weighted by Gasteiger charge is 2.28. The molecular weight excluding hydrogens is 462 g/mol. The minimum Gasteiger partial charge on any atom is -0.467 e. The van der Waals surface area contributed by atoms with Crippen molar-refractivity contribution in [1.82, 2.24) is 15.3 Å². The van der Waals surface area contributed by atoms with E-state index in [0.29, 0.717) is 12.8 Å². The van der Waals surface area contributed by atoms with Crippen LogP contribution in [0.25, 0.3) is 21.5 Å². The van der Waals surface area contributed by atoms with E-state index in [2.05, 4.69) is 63.8 Å². The van der Waals surface area contributed by atoms with Crippen LogP contribution in [0.4, 0.5) is 0 Å². The lowest BCUT2D eigenvalue weighted by Gasteiger charge is -2.22. The fraction of sp³-hybridized carbons (Fsp3) is 0.194. The van der Waals surface area contributed by atoms with Crippen molar-refractivity contribution in [3.63, 3.8) is 0 Å². The first-order chi connectivity index (χ1) is 18.1. The summed E-state index contributed by atoms with van der Waals surface area (Å²) in [7, 11) is 1.33. The van der Waals surface area contributed by atoms with Crippen LogP contribution in [-0.2, 0) is 33.6 Å². The van der Waals surface area contributed by atoms with Gasteiger partial charge in [0.15, 0.2) is 0 Å². The number of methoxy groups -OCH3 is 1. The summed E-state index contributed by atoms with van der Waals surface area (Å²) in [5, 5.41) is 7.51. The van der Waals surface area contributed by atoms with Gasteiger partial charge >= 0.3 is 5.97 Å². The van der Waals surface area contributed by atoms with Gasteiger partial charge in [-0.25, -0.2) is 9.78 Å². The molecule has 4 aromatic carbocycles. The van der Waals surface area contributed by atoms with E-state index in [-0.39, 0.29) is 12.3 Å². The van der Waals surface area contributed by atoms with Crippen LogP contribution in [0.5, 0.6) is 0 Å². The number of H-pyrrole nitrogens is 1. The highest BCUT2D eigenvalue weighted by Crippen LogP contribution is 2.26. The molecule has 1 unspecified atom stereocenters. The molecule has 1 heterocycles. The summed E-state index contributed by atoms with van der Waals surface area (Å²) in [5.41, 5.74) is 2.94. The largest absolute Gasteiger partial charge is 0.467 e. The Morgan fingerprint density at radius 1 is 0.811 bits per heavy atom. The summed E-state index contributed by atoms with van der Waals surface area (Å²) in [5.74, 6) is -1.07. The van der Waals surface area contributed by atoms with Gasteiger partial charge in [-0.2, -0.15) is 0 Å². The summed E-state index contributed by atoms with van der Waals surface area (Å²) in [4.78, 5) is 33.5. The van der Waals surface area contributed by atoms with Gasteiger partial charge in [0.05, 0.1) is 13.4 Å². The van der Waals surface area contributed by atoms with Gasteiger partial charge in [-0.15, -0.1) is 0 Å². The van der Waals surface area contributed by atoms with Gasteiger partial charge in [0.1, 0.15) is 6.04 Å². The van der Waals surface area contributed by atoms with Crippen molar-refractivity contribution >= 4 is 33.4 Å². The average molecular weight is 492 g/mol. The molecule has 37 heavy (non-hydrogen) atoms. The van der Waals surface area contributed by atoms with Crippen molar-refractivity contribution in [2.45, 2.75) is 25.3 Å². The number of rotatable bonds is 9. The molecule has 6 heteroatoms. The zero-order chi connectivity index (χ0) is 25.6. The van der Waals surface area contributed by atoms with Crippen LogP contribution in [0, 0.1) is 5.92 Å². The number of nitrogens with zero attached hydrogens (tertiary/aromatic N) is 1. The Kier molecular flexibility index (Phi) is 7.26. The van der Waals surface area contributed by atoms with Crippen molar-refractivity contribution in [3.05, 3.63) is 114 Å². The number of fused-ring (bicyclic) bond motifs is 2. The van der Waals surface area contributed by atoms with Crippen LogP contribution in [0.3, 0.4) is 0 Å². The molecule has 0 aliphatic carbocycles. The molecule has 186 valence electrons. The first-order valence-corrected chi connectivity index (χ1v) is 12.4. The van der Waals surface area contributed by atoms with Crippen molar-refractivity contribution in [1.29, 1.82) is 0 Å². The fourth-order valence-corrected chi connectivity index (χ4v) is 4.97. The average Bonchev–Trinajstić information content (AvgIpc) is 3.45. The third-order valence-corrected chi connectivity index (χ3v) is 6.84. The number of hydrogen-bond donors (Lipinski definition) is 2. The van der Waals surface area contributed by atoms with E-state index in [1.807, 2.05) is 36.4 Å². The molecule has 1 aromatic heterocycles. The van der Waals surface area contributed by atoms with Gasteiger partial charge in [0.25, 0.3) is 0 Å². The van der Waals surface area contributed by atoms with Crippen LogP contribution in [-0.4, -0.2) is 35.0 Å². The molecule has 6 nitrogen and oxygen atoms in total. The molecule has 0 fully saturated rings. The minimum absolute atomic E-state index is 0.184.